The van der Waals surface area contributed by atoms with Crippen LogP contribution in [0.4, 0.5) is 20.5 Å². The van der Waals surface area contributed by atoms with Crippen LogP contribution in [0.15, 0.2) is 96.8 Å². The lowest BCUT2D eigenvalue weighted by Crippen LogP contribution is -2.47. The Bertz CT molecular complexity index is 2770. The highest BCUT2D eigenvalue weighted by molar-refractivity contribution is 5.95. The summed E-state index contributed by atoms with van der Waals surface area (Å²) in [5, 5.41) is 30.2. The van der Waals surface area contributed by atoms with Gasteiger partial charge in [-0.1, -0.05) is 11.2 Å². The van der Waals surface area contributed by atoms with Gasteiger partial charge in [0, 0.05) is 96.3 Å². The van der Waals surface area contributed by atoms with Crippen molar-refractivity contribution in [2.24, 2.45) is 20.0 Å². The third-order valence-corrected chi connectivity index (χ3v) is 10.2. The molecule has 2 aromatic carbocycles. The van der Waals surface area contributed by atoms with Crippen molar-refractivity contribution in [3.05, 3.63) is 112 Å². The number of aliphatic hydroxyl groups is 1. The van der Waals surface area contributed by atoms with Crippen LogP contribution in [-0.4, -0.2) is 125 Å². The number of nitrogens with one attached hydrogen (secondary N) is 6. The minimum absolute atomic E-state index is 0.0813. The van der Waals surface area contributed by atoms with Gasteiger partial charge in [0.05, 0.1) is 23.5 Å². The van der Waals surface area contributed by atoms with Gasteiger partial charge in [0.15, 0.2) is 36.7 Å². The molecule has 348 valence electrons. The van der Waals surface area contributed by atoms with Gasteiger partial charge in [0.1, 0.15) is 29.1 Å². The molecule has 0 saturated carbocycles. The number of hydrogen-bond acceptors (Lipinski definition) is 13. The van der Waals surface area contributed by atoms with Crippen molar-refractivity contribution < 1.29 is 27.9 Å². The standard InChI is InChI=1S/C24H31N7O2.C22H25F2N7O2/c1-16-12-19-18(3)21(7-6-20(19)27-16)32-15-26-23(31-10-8-30(5)9-11-31)14-22(25-4)28-24-13-17(2)29-33-24;1-4-5-14-9-20(31-30-14)29-18(25-3)11-19(26-6-7-32)27-12-33-17-10-16(23)22-15(21(17)24)8-13(2)28-22/h6-7,12-14,27-28H,4,8-11,15H2,1-3,5H3;4-5,8-11,28,32H,3,6-7,12H2,1-2H3,(H,26,27)(H2,29,30,31)/b22-14+,26-23+;5-4+,18-11+. The SMILES string of the molecule is C=N/C(=C\C(=N/COc1cc(F)c2[nH]c(C)cc2c1F)NCCO)Nc1cc(/C=C/C)[nH]n1.C=N/C(=C\C(=N/COc1ccc2[nH]c(C)cc2c1C)N1CCN(C)CC1)Nc1cc(C)no1. The van der Waals surface area contributed by atoms with Gasteiger partial charge in [-0.2, -0.15) is 5.10 Å². The maximum absolute atomic E-state index is 14.7. The van der Waals surface area contributed by atoms with E-state index in [1.165, 1.54) is 12.1 Å². The van der Waals surface area contributed by atoms with Crippen molar-refractivity contribution in [1.82, 2.24) is 40.4 Å². The second kappa shape index (κ2) is 22.9. The predicted molar refractivity (Wildman–Crippen MR) is 258 cm³/mol. The number of amidine groups is 2. The fraction of sp³-hybridized carbons (Fsp3) is 0.304. The molecule has 0 bridgehead atoms. The molecule has 0 unspecified atom stereocenters. The van der Waals surface area contributed by atoms with Gasteiger partial charge in [-0.3, -0.25) is 5.10 Å². The summed E-state index contributed by atoms with van der Waals surface area (Å²) in [6, 6.07) is 12.2. The number of benzene rings is 2. The van der Waals surface area contributed by atoms with E-state index >= 15 is 0 Å². The number of allylic oxidation sites excluding steroid dienone is 1. The van der Waals surface area contributed by atoms with E-state index in [9.17, 15) is 8.78 Å². The molecule has 18 nitrogen and oxygen atoms in total. The second-order valence-corrected chi connectivity index (χ2v) is 15.2. The Morgan fingerprint density at radius 2 is 1.61 bits per heavy atom. The third-order valence-electron chi connectivity index (χ3n) is 10.2. The van der Waals surface area contributed by atoms with E-state index in [0.29, 0.717) is 29.0 Å². The Hall–Kier alpha value is -7.58. The van der Waals surface area contributed by atoms with Crippen LogP contribution in [-0.2, 0) is 0 Å². The molecule has 1 fully saturated rings. The first-order valence-corrected chi connectivity index (χ1v) is 21.1. The molecule has 6 aromatic rings. The third kappa shape index (κ3) is 12.8. The molecule has 66 heavy (non-hydrogen) atoms. The molecule has 0 aliphatic carbocycles. The van der Waals surface area contributed by atoms with Gasteiger partial charge in [-0.25, -0.2) is 28.8 Å². The molecule has 0 amide bonds. The summed E-state index contributed by atoms with van der Waals surface area (Å²) in [6.07, 6.45) is 7.11. The van der Waals surface area contributed by atoms with Crippen LogP contribution < -0.4 is 25.4 Å². The number of ether oxygens (including phenoxy) is 2. The molecular formula is C46H56F2N14O4. The van der Waals surface area contributed by atoms with Crippen LogP contribution in [0.5, 0.6) is 11.5 Å². The quantitative estimate of drug-likeness (QED) is 0.0359. The van der Waals surface area contributed by atoms with E-state index in [4.69, 9.17) is 24.1 Å². The highest BCUT2D eigenvalue weighted by Crippen LogP contribution is 2.30. The van der Waals surface area contributed by atoms with Crippen LogP contribution in [0.2, 0.25) is 0 Å². The number of anilines is 2. The smallest absolute Gasteiger partial charge is 0.230 e. The average Bonchev–Trinajstić information content (AvgIpc) is 4.12. The summed E-state index contributed by atoms with van der Waals surface area (Å²) < 4.78 is 45.6. The van der Waals surface area contributed by atoms with Gasteiger partial charge in [-0.05, 0) is 85.4 Å². The summed E-state index contributed by atoms with van der Waals surface area (Å²) in [6.45, 7) is 20.4. The van der Waals surface area contributed by atoms with E-state index in [1.807, 2.05) is 44.2 Å². The zero-order valence-corrected chi connectivity index (χ0v) is 37.9. The highest BCUT2D eigenvalue weighted by Gasteiger charge is 2.18. The van der Waals surface area contributed by atoms with Gasteiger partial charge >= 0.3 is 0 Å². The van der Waals surface area contributed by atoms with Crippen molar-refractivity contribution in [2.45, 2.75) is 34.6 Å². The molecule has 20 heteroatoms. The van der Waals surface area contributed by atoms with Crippen molar-refractivity contribution in [2.75, 3.05) is 70.5 Å². The lowest BCUT2D eigenvalue weighted by atomic mass is 10.1. The number of H-pyrrole nitrogens is 3. The largest absolute Gasteiger partial charge is 0.471 e. The van der Waals surface area contributed by atoms with Gasteiger partial charge in [-0.15, -0.1) is 0 Å². The summed E-state index contributed by atoms with van der Waals surface area (Å²) in [7, 11) is 2.12. The van der Waals surface area contributed by atoms with E-state index in [0.717, 1.165) is 77.4 Å². The number of halogens is 2. The van der Waals surface area contributed by atoms with Crippen LogP contribution in [0.1, 0.15) is 35.3 Å². The van der Waals surface area contributed by atoms with Crippen molar-refractivity contribution in [1.29, 1.82) is 0 Å². The topological polar surface area (TPSA) is 217 Å². The average molecular weight is 907 g/mol. The van der Waals surface area contributed by atoms with Crippen LogP contribution in [0, 0.1) is 39.3 Å². The summed E-state index contributed by atoms with van der Waals surface area (Å²) in [5.41, 5.74) is 5.63. The monoisotopic (exact) mass is 906 g/mol. The number of rotatable bonds is 17. The molecule has 1 aliphatic heterocycles. The molecule has 7 N–H and O–H groups in total. The first-order chi connectivity index (χ1) is 31.9. The molecule has 1 saturated heterocycles. The first kappa shape index (κ1) is 47.9. The number of fused-ring (bicyclic) bond motifs is 2. The lowest BCUT2D eigenvalue weighted by Gasteiger charge is -2.33. The number of aliphatic hydroxyl groups excluding tert-OH is 1. The molecule has 0 spiro atoms. The summed E-state index contributed by atoms with van der Waals surface area (Å²) >= 11 is 0. The molecule has 7 rings (SSSR count). The molecule has 0 atom stereocenters. The normalized spacial score (nSPS) is 14.2. The molecular weight excluding hydrogens is 851 g/mol. The predicted octanol–water partition coefficient (Wildman–Crippen LogP) is 7.20. The fourth-order valence-electron chi connectivity index (χ4n) is 6.85. The fourth-order valence-corrected chi connectivity index (χ4v) is 6.85. The molecule has 5 heterocycles. The number of aliphatic imine (C=N–C) groups is 4. The number of nitrogens with zero attached hydrogens (tertiary/aromatic N) is 8. The summed E-state index contributed by atoms with van der Waals surface area (Å²) in [5.74, 6) is 2.17. The number of aromatic amines is 3. The maximum atomic E-state index is 14.7. The van der Waals surface area contributed by atoms with Gasteiger partial charge in [0.25, 0.3) is 0 Å². The zero-order chi connectivity index (χ0) is 47.2. The number of hydrogen-bond donors (Lipinski definition) is 7. The van der Waals surface area contributed by atoms with E-state index in [2.05, 4.69) is 106 Å². The summed E-state index contributed by atoms with van der Waals surface area (Å²) in [4.78, 5) is 27.7. The van der Waals surface area contributed by atoms with Crippen LogP contribution in [0.25, 0.3) is 27.9 Å². The van der Waals surface area contributed by atoms with Crippen LogP contribution in [0.3, 0.4) is 0 Å². The Morgan fingerprint density at radius 1 is 0.894 bits per heavy atom. The molecule has 0 radical (unpaired) electrons. The van der Waals surface area contributed by atoms with E-state index in [1.54, 1.807) is 19.1 Å². The van der Waals surface area contributed by atoms with Gasteiger partial charge in [0.2, 0.25) is 5.88 Å². The molecule has 1 aliphatic rings. The first-order valence-electron chi connectivity index (χ1n) is 21.1. The van der Waals surface area contributed by atoms with E-state index in [-0.39, 0.29) is 49.1 Å². The Labute approximate surface area is 381 Å². The lowest BCUT2D eigenvalue weighted by molar-refractivity contribution is 0.214. The maximum Gasteiger partial charge on any atom is 0.230 e. The Kier molecular flexibility index (Phi) is 16.6. The van der Waals surface area contributed by atoms with Crippen molar-refractivity contribution >= 4 is 64.7 Å². The van der Waals surface area contributed by atoms with E-state index < -0.39 is 11.6 Å². The van der Waals surface area contributed by atoms with Crippen molar-refractivity contribution in [3.8, 4) is 11.5 Å². The van der Waals surface area contributed by atoms with Gasteiger partial charge < -0.3 is 54.8 Å². The highest BCUT2D eigenvalue weighted by atomic mass is 19.1. The zero-order valence-electron chi connectivity index (χ0n) is 37.9. The molecule has 4 aromatic heterocycles. The number of aryl methyl sites for hydroxylation is 4. The number of likely N-dealkylation sites (N-methyl/N-ethyl adjacent to an activating group) is 1. The number of aromatic nitrogens is 5. The minimum atomic E-state index is -0.683. The number of piperazine rings is 1. The minimum Gasteiger partial charge on any atom is -0.471 e. The second-order valence-electron chi connectivity index (χ2n) is 15.2. The van der Waals surface area contributed by atoms with Crippen LogP contribution >= 0.6 is 0 Å². The Morgan fingerprint density at radius 3 is 2.32 bits per heavy atom. The Balaban J connectivity index is 0.000000218. The van der Waals surface area contributed by atoms with Crippen molar-refractivity contribution in [3.63, 3.8) is 0 Å².